The van der Waals surface area contributed by atoms with Crippen molar-refractivity contribution < 1.29 is 4.79 Å². The minimum Gasteiger partial charge on any atom is -0.369 e. The molecule has 21 heavy (non-hydrogen) atoms. The molecule has 0 saturated carbocycles. The van der Waals surface area contributed by atoms with Crippen LogP contribution in [0.4, 0.5) is 5.82 Å². The molecular weight excluding hydrogens is 264 g/mol. The number of nitrogens with zero attached hydrogens (tertiary/aromatic N) is 3. The number of benzene rings is 1. The zero-order chi connectivity index (χ0) is 15.2. The molecule has 1 amide bonds. The molecule has 1 aromatic carbocycles. The van der Waals surface area contributed by atoms with Crippen LogP contribution >= 0.6 is 0 Å². The Morgan fingerprint density at radius 2 is 2.05 bits per heavy atom. The van der Waals surface area contributed by atoms with Crippen LogP contribution in [0.3, 0.4) is 0 Å². The Morgan fingerprint density at radius 1 is 1.33 bits per heavy atom. The van der Waals surface area contributed by atoms with Crippen molar-refractivity contribution in [1.29, 1.82) is 0 Å². The summed E-state index contributed by atoms with van der Waals surface area (Å²) in [6, 6.07) is 6.28. The van der Waals surface area contributed by atoms with E-state index in [1.807, 2.05) is 13.0 Å². The third-order valence-corrected chi connectivity index (χ3v) is 4.28. The van der Waals surface area contributed by atoms with Gasteiger partial charge in [-0.1, -0.05) is 19.9 Å². The molecule has 1 aromatic heterocycles. The molecule has 5 nitrogen and oxygen atoms in total. The molecule has 2 heterocycles. The molecule has 0 bridgehead atoms. The summed E-state index contributed by atoms with van der Waals surface area (Å²) in [7, 11) is 0. The van der Waals surface area contributed by atoms with Crippen LogP contribution in [-0.2, 0) is 4.79 Å². The number of hydrogen-bond acceptors (Lipinski definition) is 4. The van der Waals surface area contributed by atoms with Gasteiger partial charge in [-0.3, -0.25) is 4.79 Å². The first-order chi connectivity index (χ1) is 9.90. The smallest absolute Gasteiger partial charge is 0.226 e. The second kappa shape index (κ2) is 4.69. The standard InChI is InChI=1S/C16H20N4O/c1-10(2)11-4-5-13-12(6-11)14(19-9-18-13)20-7-16(3,8-20)15(17)21/h4-6,9-10H,7-8H2,1-3H3,(H2,17,21). The van der Waals surface area contributed by atoms with Crippen molar-refractivity contribution in [2.24, 2.45) is 11.1 Å². The Balaban J connectivity index is 2.00. The van der Waals surface area contributed by atoms with Gasteiger partial charge >= 0.3 is 0 Å². The number of carbonyl (C=O) groups is 1. The van der Waals surface area contributed by atoms with E-state index in [-0.39, 0.29) is 5.91 Å². The van der Waals surface area contributed by atoms with Crippen LogP contribution in [0.1, 0.15) is 32.3 Å². The lowest BCUT2D eigenvalue weighted by atomic mass is 9.81. The molecule has 110 valence electrons. The number of nitrogens with two attached hydrogens (primary N) is 1. The molecule has 0 unspecified atom stereocenters. The highest BCUT2D eigenvalue weighted by Gasteiger charge is 2.44. The monoisotopic (exact) mass is 284 g/mol. The Labute approximate surface area is 124 Å². The van der Waals surface area contributed by atoms with E-state index in [0.29, 0.717) is 19.0 Å². The van der Waals surface area contributed by atoms with Crippen LogP contribution in [0.15, 0.2) is 24.5 Å². The molecule has 2 N–H and O–H groups in total. The topological polar surface area (TPSA) is 72.1 Å². The summed E-state index contributed by atoms with van der Waals surface area (Å²) in [6.45, 7) is 7.45. The largest absolute Gasteiger partial charge is 0.369 e. The summed E-state index contributed by atoms with van der Waals surface area (Å²) >= 11 is 0. The van der Waals surface area contributed by atoms with Crippen LogP contribution < -0.4 is 10.6 Å². The summed E-state index contributed by atoms with van der Waals surface area (Å²) in [5, 5.41) is 1.04. The normalized spacial score (nSPS) is 17.0. The number of primary amides is 1. The molecular formula is C16H20N4O. The van der Waals surface area contributed by atoms with Gasteiger partial charge in [0.1, 0.15) is 12.1 Å². The summed E-state index contributed by atoms with van der Waals surface area (Å²) < 4.78 is 0. The third kappa shape index (κ3) is 2.22. The fourth-order valence-corrected chi connectivity index (χ4v) is 2.77. The molecule has 0 spiro atoms. The maximum Gasteiger partial charge on any atom is 0.226 e. The van der Waals surface area contributed by atoms with Crippen molar-refractivity contribution >= 4 is 22.6 Å². The van der Waals surface area contributed by atoms with Gasteiger partial charge in [-0.05, 0) is 30.5 Å². The molecule has 2 aromatic rings. The van der Waals surface area contributed by atoms with Crippen molar-refractivity contribution in [3.05, 3.63) is 30.1 Å². The maximum absolute atomic E-state index is 11.5. The van der Waals surface area contributed by atoms with Gasteiger partial charge in [0.15, 0.2) is 0 Å². The number of fused-ring (bicyclic) bond motifs is 1. The van der Waals surface area contributed by atoms with Gasteiger partial charge < -0.3 is 10.6 Å². The molecule has 5 heteroatoms. The predicted octanol–water partition coefficient (Wildman–Crippen LogP) is 2.06. The first-order valence-electron chi connectivity index (χ1n) is 7.20. The average Bonchev–Trinajstić information content (AvgIpc) is 2.42. The molecule has 1 aliphatic heterocycles. The van der Waals surface area contributed by atoms with Crippen LogP contribution in [0.25, 0.3) is 10.9 Å². The molecule has 1 aliphatic rings. The van der Waals surface area contributed by atoms with Crippen LogP contribution in [-0.4, -0.2) is 29.0 Å². The average molecular weight is 284 g/mol. The molecule has 3 rings (SSSR count). The summed E-state index contributed by atoms with van der Waals surface area (Å²) in [5.74, 6) is 1.09. The fraction of sp³-hybridized carbons (Fsp3) is 0.438. The SMILES string of the molecule is CC(C)c1ccc2ncnc(N3CC(C)(C(N)=O)C3)c2c1. The van der Waals surface area contributed by atoms with Crippen molar-refractivity contribution in [2.45, 2.75) is 26.7 Å². The van der Waals surface area contributed by atoms with E-state index < -0.39 is 5.41 Å². The van der Waals surface area contributed by atoms with Gasteiger partial charge in [-0.25, -0.2) is 9.97 Å². The third-order valence-electron chi connectivity index (χ3n) is 4.28. The number of aromatic nitrogens is 2. The number of hydrogen-bond donors (Lipinski definition) is 1. The summed E-state index contributed by atoms with van der Waals surface area (Å²) in [6.07, 6.45) is 1.58. The van der Waals surface area contributed by atoms with Crippen molar-refractivity contribution in [3.8, 4) is 0 Å². The molecule has 1 fully saturated rings. The highest BCUT2D eigenvalue weighted by molar-refractivity contribution is 5.92. The highest BCUT2D eigenvalue weighted by Crippen LogP contribution is 2.36. The van der Waals surface area contributed by atoms with E-state index in [2.05, 4.69) is 40.8 Å². The van der Waals surface area contributed by atoms with Gasteiger partial charge in [0.05, 0.1) is 10.9 Å². The second-order valence-corrected chi connectivity index (χ2v) is 6.41. The fourth-order valence-electron chi connectivity index (χ4n) is 2.77. The van der Waals surface area contributed by atoms with Gasteiger partial charge in [0.2, 0.25) is 5.91 Å². The predicted molar refractivity (Wildman–Crippen MR) is 83.1 cm³/mol. The minimum absolute atomic E-state index is 0.250. The quantitative estimate of drug-likeness (QED) is 0.936. The Kier molecular flexibility index (Phi) is 3.08. The van der Waals surface area contributed by atoms with Gasteiger partial charge in [-0.2, -0.15) is 0 Å². The lowest BCUT2D eigenvalue weighted by molar-refractivity contribution is -0.128. The Hall–Kier alpha value is -2.17. The zero-order valence-corrected chi connectivity index (χ0v) is 12.6. The van der Waals surface area contributed by atoms with E-state index in [0.717, 1.165) is 16.7 Å². The number of amides is 1. The van der Waals surface area contributed by atoms with E-state index >= 15 is 0 Å². The molecule has 0 aliphatic carbocycles. The van der Waals surface area contributed by atoms with Gasteiger partial charge in [-0.15, -0.1) is 0 Å². The van der Waals surface area contributed by atoms with E-state index in [4.69, 9.17) is 5.73 Å². The molecule has 1 saturated heterocycles. The Morgan fingerprint density at radius 3 is 2.67 bits per heavy atom. The van der Waals surface area contributed by atoms with Crippen LogP contribution in [0, 0.1) is 5.41 Å². The van der Waals surface area contributed by atoms with E-state index in [1.54, 1.807) is 6.33 Å². The van der Waals surface area contributed by atoms with Crippen LogP contribution in [0.5, 0.6) is 0 Å². The first-order valence-corrected chi connectivity index (χ1v) is 7.20. The zero-order valence-electron chi connectivity index (χ0n) is 12.6. The van der Waals surface area contributed by atoms with Crippen molar-refractivity contribution in [1.82, 2.24) is 9.97 Å². The number of rotatable bonds is 3. The van der Waals surface area contributed by atoms with Crippen molar-refractivity contribution in [2.75, 3.05) is 18.0 Å². The molecule has 0 radical (unpaired) electrons. The van der Waals surface area contributed by atoms with Gasteiger partial charge in [0, 0.05) is 18.5 Å². The maximum atomic E-state index is 11.5. The second-order valence-electron chi connectivity index (χ2n) is 6.41. The molecule has 0 atom stereocenters. The van der Waals surface area contributed by atoms with E-state index in [1.165, 1.54) is 5.56 Å². The summed E-state index contributed by atoms with van der Waals surface area (Å²) in [4.78, 5) is 22.3. The lowest BCUT2D eigenvalue weighted by Gasteiger charge is -2.46. The van der Waals surface area contributed by atoms with Crippen molar-refractivity contribution in [3.63, 3.8) is 0 Å². The van der Waals surface area contributed by atoms with E-state index in [9.17, 15) is 4.79 Å². The Bertz CT molecular complexity index is 704. The summed E-state index contributed by atoms with van der Waals surface area (Å²) in [5.41, 5.74) is 7.19. The van der Waals surface area contributed by atoms with Gasteiger partial charge in [0.25, 0.3) is 0 Å². The lowest BCUT2D eigenvalue weighted by Crippen LogP contribution is -2.61. The number of anilines is 1. The first kappa shape index (κ1) is 13.8. The number of carbonyl (C=O) groups excluding carboxylic acids is 1. The highest BCUT2D eigenvalue weighted by atomic mass is 16.1. The van der Waals surface area contributed by atoms with Crippen LogP contribution in [0.2, 0.25) is 0 Å². The minimum atomic E-state index is -0.451.